The van der Waals surface area contributed by atoms with E-state index in [-0.39, 0.29) is 0 Å². The lowest BCUT2D eigenvalue weighted by Crippen LogP contribution is -2.35. The highest BCUT2D eigenvalue weighted by atomic mass is 35.5. The highest BCUT2D eigenvalue weighted by molar-refractivity contribution is 6.21. The van der Waals surface area contributed by atoms with E-state index >= 15 is 0 Å². The lowest BCUT2D eigenvalue weighted by atomic mass is 9.84. The summed E-state index contributed by atoms with van der Waals surface area (Å²) in [6.45, 7) is 5.10. The molecule has 1 fully saturated rings. The zero-order chi connectivity index (χ0) is 12.3. The minimum absolute atomic E-state index is 0.414. The first kappa shape index (κ1) is 12.8. The predicted molar refractivity (Wildman–Crippen MR) is 69.0 cm³/mol. The van der Waals surface area contributed by atoms with Crippen LogP contribution in [0.15, 0.2) is 6.33 Å². The highest BCUT2D eigenvalue weighted by Crippen LogP contribution is 2.32. The van der Waals surface area contributed by atoms with Crippen LogP contribution in [0.1, 0.15) is 32.0 Å². The molecular formula is C12H21ClN4. The van der Waals surface area contributed by atoms with Gasteiger partial charge in [0.2, 0.25) is 0 Å². The lowest BCUT2D eigenvalue weighted by molar-refractivity contribution is 0.198. The van der Waals surface area contributed by atoms with Crippen LogP contribution in [0, 0.1) is 5.92 Å². The number of aromatic nitrogens is 3. The Kier molecular flexibility index (Phi) is 4.40. The summed E-state index contributed by atoms with van der Waals surface area (Å²) in [4.78, 5) is 6.65. The summed E-state index contributed by atoms with van der Waals surface area (Å²) >= 11 is 5.99. The molecule has 1 heterocycles. The summed E-state index contributed by atoms with van der Waals surface area (Å²) in [6, 6.07) is 0. The van der Waals surface area contributed by atoms with E-state index in [0.717, 1.165) is 50.6 Å². The number of hydrogen-bond donors (Lipinski definition) is 0. The van der Waals surface area contributed by atoms with Crippen molar-refractivity contribution in [3.05, 3.63) is 12.2 Å². The van der Waals surface area contributed by atoms with Crippen molar-refractivity contribution in [3.63, 3.8) is 0 Å². The third-order valence-electron chi connectivity index (χ3n) is 3.29. The fraction of sp³-hybridized carbons (Fsp3) is 0.833. The molecule has 0 bridgehead atoms. The highest BCUT2D eigenvalue weighted by Gasteiger charge is 2.28. The van der Waals surface area contributed by atoms with Gasteiger partial charge < -0.3 is 0 Å². The van der Waals surface area contributed by atoms with E-state index in [1.54, 1.807) is 6.33 Å². The first-order valence-corrected chi connectivity index (χ1v) is 6.82. The normalized spacial score (nSPS) is 24.0. The Morgan fingerprint density at radius 1 is 1.53 bits per heavy atom. The van der Waals surface area contributed by atoms with Crippen LogP contribution in [-0.2, 0) is 13.1 Å². The van der Waals surface area contributed by atoms with Gasteiger partial charge in [-0.05, 0) is 32.2 Å². The largest absolute Gasteiger partial charge is 0.299 e. The Labute approximate surface area is 108 Å². The average molecular weight is 257 g/mol. The molecule has 2 rings (SSSR count). The van der Waals surface area contributed by atoms with E-state index in [2.05, 4.69) is 29.0 Å². The monoisotopic (exact) mass is 256 g/mol. The molecule has 0 spiro atoms. The van der Waals surface area contributed by atoms with Gasteiger partial charge in [0.1, 0.15) is 12.2 Å². The van der Waals surface area contributed by atoms with Gasteiger partial charge in [-0.15, -0.1) is 11.6 Å². The minimum atomic E-state index is 0.414. The minimum Gasteiger partial charge on any atom is -0.299 e. The standard InChI is InChI=1S/C12H21ClN4/c1-3-4-17-12(14-9-15-17)8-16(2)7-10-5-11(13)6-10/h9-11H,3-8H2,1-2H3. The van der Waals surface area contributed by atoms with E-state index in [1.165, 1.54) is 0 Å². The van der Waals surface area contributed by atoms with Crippen LogP contribution in [0.5, 0.6) is 0 Å². The van der Waals surface area contributed by atoms with Crippen molar-refractivity contribution in [3.8, 4) is 0 Å². The Balaban J connectivity index is 1.80. The number of alkyl halides is 1. The molecule has 0 aliphatic heterocycles. The van der Waals surface area contributed by atoms with Crippen molar-refractivity contribution < 1.29 is 0 Å². The maximum Gasteiger partial charge on any atom is 0.140 e. The third-order valence-corrected chi connectivity index (χ3v) is 3.65. The van der Waals surface area contributed by atoms with Gasteiger partial charge >= 0.3 is 0 Å². The predicted octanol–water partition coefficient (Wildman–Crippen LogP) is 2.14. The quantitative estimate of drug-likeness (QED) is 0.732. The number of nitrogens with zero attached hydrogens (tertiary/aromatic N) is 4. The van der Waals surface area contributed by atoms with Gasteiger partial charge in [0.15, 0.2) is 0 Å². The second-order valence-electron chi connectivity index (χ2n) is 5.03. The van der Waals surface area contributed by atoms with E-state index in [1.807, 2.05) is 4.68 Å². The molecule has 1 aromatic heterocycles. The molecule has 1 saturated carbocycles. The molecule has 1 aliphatic rings. The molecule has 0 amide bonds. The summed E-state index contributed by atoms with van der Waals surface area (Å²) in [5, 5.41) is 4.66. The average Bonchev–Trinajstić information content (AvgIpc) is 2.64. The zero-order valence-corrected chi connectivity index (χ0v) is 11.4. The van der Waals surface area contributed by atoms with Crippen molar-refractivity contribution in [2.45, 2.75) is 44.7 Å². The molecule has 5 heteroatoms. The molecule has 0 unspecified atom stereocenters. The maximum absolute atomic E-state index is 5.99. The molecule has 96 valence electrons. The van der Waals surface area contributed by atoms with Crippen molar-refractivity contribution >= 4 is 11.6 Å². The molecule has 0 N–H and O–H groups in total. The SMILES string of the molecule is CCCn1ncnc1CN(C)CC1CC(Cl)C1. The molecule has 0 radical (unpaired) electrons. The second-order valence-corrected chi connectivity index (χ2v) is 5.65. The zero-order valence-electron chi connectivity index (χ0n) is 10.6. The summed E-state index contributed by atoms with van der Waals surface area (Å²) in [5.74, 6) is 1.83. The van der Waals surface area contributed by atoms with Gasteiger partial charge in [0.25, 0.3) is 0 Å². The topological polar surface area (TPSA) is 34.0 Å². The van der Waals surface area contributed by atoms with Gasteiger partial charge in [-0.2, -0.15) is 5.10 Å². The number of aryl methyl sites for hydroxylation is 1. The van der Waals surface area contributed by atoms with Crippen LogP contribution in [0.25, 0.3) is 0 Å². The number of hydrogen-bond acceptors (Lipinski definition) is 3. The lowest BCUT2D eigenvalue weighted by Gasteiger charge is -2.33. The van der Waals surface area contributed by atoms with Gasteiger partial charge in [0.05, 0.1) is 6.54 Å². The molecule has 1 aromatic rings. The van der Waals surface area contributed by atoms with Crippen LogP contribution in [0.2, 0.25) is 0 Å². The Hall–Kier alpha value is -0.610. The van der Waals surface area contributed by atoms with Gasteiger partial charge in [-0.1, -0.05) is 6.92 Å². The van der Waals surface area contributed by atoms with Crippen LogP contribution >= 0.6 is 11.6 Å². The maximum atomic E-state index is 5.99. The Morgan fingerprint density at radius 2 is 2.29 bits per heavy atom. The summed E-state index contributed by atoms with van der Waals surface area (Å²) in [7, 11) is 2.15. The third kappa shape index (κ3) is 3.42. The molecule has 17 heavy (non-hydrogen) atoms. The van der Waals surface area contributed by atoms with E-state index in [9.17, 15) is 0 Å². The second kappa shape index (κ2) is 5.83. The first-order valence-electron chi connectivity index (χ1n) is 6.38. The molecule has 1 aliphatic carbocycles. The van der Waals surface area contributed by atoms with E-state index in [4.69, 9.17) is 11.6 Å². The summed E-state index contributed by atoms with van der Waals surface area (Å²) < 4.78 is 2.00. The Morgan fingerprint density at radius 3 is 2.94 bits per heavy atom. The number of rotatable bonds is 6. The number of halogens is 1. The molecular weight excluding hydrogens is 236 g/mol. The molecule has 0 saturated heterocycles. The van der Waals surface area contributed by atoms with Crippen LogP contribution in [0.4, 0.5) is 0 Å². The fourth-order valence-corrected chi connectivity index (χ4v) is 2.86. The fourth-order valence-electron chi connectivity index (χ4n) is 2.36. The van der Waals surface area contributed by atoms with Crippen molar-refractivity contribution in [2.75, 3.05) is 13.6 Å². The van der Waals surface area contributed by atoms with E-state index < -0.39 is 0 Å². The van der Waals surface area contributed by atoms with E-state index in [0.29, 0.717) is 5.38 Å². The van der Waals surface area contributed by atoms with Gasteiger partial charge in [-0.25, -0.2) is 9.67 Å². The Bertz CT molecular complexity index is 346. The smallest absolute Gasteiger partial charge is 0.140 e. The molecule has 4 nitrogen and oxygen atoms in total. The van der Waals surface area contributed by atoms with Crippen molar-refractivity contribution in [1.82, 2.24) is 19.7 Å². The van der Waals surface area contributed by atoms with Crippen molar-refractivity contribution in [2.24, 2.45) is 5.92 Å². The van der Waals surface area contributed by atoms with Crippen LogP contribution < -0.4 is 0 Å². The first-order chi connectivity index (χ1) is 8.19. The van der Waals surface area contributed by atoms with Crippen LogP contribution in [-0.4, -0.2) is 38.6 Å². The van der Waals surface area contributed by atoms with Gasteiger partial charge in [-0.3, -0.25) is 4.90 Å². The summed E-state index contributed by atoms with van der Waals surface area (Å²) in [5.41, 5.74) is 0. The molecule has 0 aromatic carbocycles. The summed E-state index contributed by atoms with van der Waals surface area (Å²) in [6.07, 6.45) is 5.06. The molecule has 0 atom stereocenters. The van der Waals surface area contributed by atoms with Crippen LogP contribution in [0.3, 0.4) is 0 Å². The van der Waals surface area contributed by atoms with Gasteiger partial charge in [0, 0.05) is 18.5 Å². The van der Waals surface area contributed by atoms with Crippen molar-refractivity contribution in [1.29, 1.82) is 0 Å².